The van der Waals surface area contributed by atoms with E-state index in [-0.39, 0.29) is 6.10 Å². The van der Waals surface area contributed by atoms with E-state index in [4.69, 9.17) is 0 Å². The molecule has 3 rings (SSSR count). The Labute approximate surface area is 121 Å². The summed E-state index contributed by atoms with van der Waals surface area (Å²) in [4.78, 5) is 0. The zero-order valence-electron chi connectivity index (χ0n) is 12.3. The highest BCUT2D eigenvalue weighted by molar-refractivity contribution is 5.83. The van der Waals surface area contributed by atoms with E-state index in [2.05, 4.69) is 49.4 Å². The standard InChI is InChI=1S/C19H24O/c1-2-14-6-5-9-17(12-14)19(20)18-11-10-15-7-3-4-8-16(15)13-18/h3-4,7-8,10-11,13-14,17,19-20H,2,5-6,9,12H2,1H3. The lowest BCUT2D eigenvalue weighted by Crippen LogP contribution is -2.21. The third-order valence-electron chi connectivity index (χ3n) is 4.96. The van der Waals surface area contributed by atoms with E-state index < -0.39 is 0 Å². The normalized spacial score (nSPS) is 24.7. The lowest BCUT2D eigenvalue weighted by Gasteiger charge is -2.32. The lowest BCUT2D eigenvalue weighted by atomic mass is 9.76. The van der Waals surface area contributed by atoms with Crippen molar-refractivity contribution in [3.05, 3.63) is 48.0 Å². The Bertz CT molecular complexity index is 575. The van der Waals surface area contributed by atoms with Crippen LogP contribution in [0.15, 0.2) is 42.5 Å². The second-order valence-electron chi connectivity index (χ2n) is 6.25. The number of aliphatic hydroxyl groups is 1. The summed E-state index contributed by atoms with van der Waals surface area (Å²) in [5.74, 6) is 1.25. The summed E-state index contributed by atoms with van der Waals surface area (Å²) >= 11 is 0. The van der Waals surface area contributed by atoms with Gasteiger partial charge in [0.1, 0.15) is 0 Å². The maximum Gasteiger partial charge on any atom is 0.0818 e. The van der Waals surface area contributed by atoms with Crippen molar-refractivity contribution in [3.8, 4) is 0 Å². The van der Waals surface area contributed by atoms with Crippen LogP contribution in [-0.4, -0.2) is 5.11 Å². The maximum absolute atomic E-state index is 10.7. The van der Waals surface area contributed by atoms with Gasteiger partial charge in [0.2, 0.25) is 0 Å². The van der Waals surface area contributed by atoms with E-state index in [1.807, 2.05) is 0 Å². The van der Waals surface area contributed by atoms with Crippen molar-refractivity contribution >= 4 is 10.8 Å². The molecule has 1 aliphatic rings. The molecule has 0 aliphatic heterocycles. The molecular formula is C19H24O. The molecule has 2 aromatic carbocycles. The molecule has 0 heterocycles. The van der Waals surface area contributed by atoms with Crippen molar-refractivity contribution in [2.75, 3.05) is 0 Å². The molecule has 106 valence electrons. The van der Waals surface area contributed by atoms with Crippen LogP contribution in [0.25, 0.3) is 10.8 Å². The smallest absolute Gasteiger partial charge is 0.0818 e. The minimum Gasteiger partial charge on any atom is -0.388 e. The van der Waals surface area contributed by atoms with Gasteiger partial charge in [0.15, 0.2) is 0 Å². The predicted molar refractivity (Wildman–Crippen MR) is 84.6 cm³/mol. The van der Waals surface area contributed by atoms with Gasteiger partial charge in [-0.05, 0) is 47.1 Å². The van der Waals surface area contributed by atoms with Gasteiger partial charge in [0.25, 0.3) is 0 Å². The number of benzene rings is 2. The van der Waals surface area contributed by atoms with Gasteiger partial charge in [0, 0.05) is 0 Å². The minimum absolute atomic E-state index is 0.297. The highest BCUT2D eigenvalue weighted by Gasteiger charge is 2.27. The fraction of sp³-hybridized carbons (Fsp3) is 0.474. The topological polar surface area (TPSA) is 20.2 Å². The van der Waals surface area contributed by atoms with Crippen LogP contribution in [0.3, 0.4) is 0 Å². The Morgan fingerprint density at radius 1 is 1.10 bits per heavy atom. The van der Waals surface area contributed by atoms with Gasteiger partial charge < -0.3 is 5.11 Å². The molecule has 0 amide bonds. The third kappa shape index (κ3) is 2.73. The van der Waals surface area contributed by atoms with Gasteiger partial charge in [-0.1, -0.05) is 62.6 Å². The van der Waals surface area contributed by atoms with E-state index in [1.165, 1.54) is 42.9 Å². The molecule has 1 aliphatic carbocycles. The molecule has 1 nitrogen and oxygen atoms in total. The Morgan fingerprint density at radius 2 is 1.90 bits per heavy atom. The number of fused-ring (bicyclic) bond motifs is 1. The SMILES string of the molecule is CCC1CCCC(C(O)c2ccc3ccccc3c2)C1. The molecule has 1 N–H and O–H groups in total. The molecule has 0 radical (unpaired) electrons. The summed E-state index contributed by atoms with van der Waals surface area (Å²) in [5.41, 5.74) is 1.09. The Kier molecular flexibility index (Phi) is 4.07. The van der Waals surface area contributed by atoms with Crippen LogP contribution < -0.4 is 0 Å². The minimum atomic E-state index is -0.297. The Morgan fingerprint density at radius 3 is 2.70 bits per heavy atom. The predicted octanol–water partition coefficient (Wildman–Crippen LogP) is 5.09. The average molecular weight is 268 g/mol. The van der Waals surface area contributed by atoms with Crippen molar-refractivity contribution in [2.24, 2.45) is 11.8 Å². The fourth-order valence-electron chi connectivity index (χ4n) is 3.65. The molecule has 0 spiro atoms. The second-order valence-corrected chi connectivity index (χ2v) is 6.25. The van der Waals surface area contributed by atoms with Crippen LogP contribution in [0.5, 0.6) is 0 Å². The van der Waals surface area contributed by atoms with Gasteiger partial charge in [-0.3, -0.25) is 0 Å². The first kappa shape index (κ1) is 13.6. The molecule has 0 aromatic heterocycles. The van der Waals surface area contributed by atoms with Crippen LogP contribution in [0.1, 0.15) is 50.7 Å². The van der Waals surface area contributed by atoms with Gasteiger partial charge >= 0.3 is 0 Å². The first-order valence-corrected chi connectivity index (χ1v) is 7.94. The van der Waals surface area contributed by atoms with Crippen LogP contribution in [-0.2, 0) is 0 Å². The summed E-state index contributed by atoms with van der Waals surface area (Å²) < 4.78 is 0. The second kappa shape index (κ2) is 5.97. The monoisotopic (exact) mass is 268 g/mol. The highest BCUT2D eigenvalue weighted by Crippen LogP contribution is 2.38. The van der Waals surface area contributed by atoms with Gasteiger partial charge in [-0.25, -0.2) is 0 Å². The van der Waals surface area contributed by atoms with Gasteiger partial charge in [0.05, 0.1) is 6.10 Å². The quantitative estimate of drug-likeness (QED) is 0.822. The zero-order chi connectivity index (χ0) is 13.9. The summed E-state index contributed by atoms with van der Waals surface area (Å²) in [6.45, 7) is 2.27. The van der Waals surface area contributed by atoms with Crippen molar-refractivity contribution < 1.29 is 5.11 Å². The van der Waals surface area contributed by atoms with Crippen LogP contribution in [0, 0.1) is 11.8 Å². The van der Waals surface area contributed by atoms with Crippen molar-refractivity contribution in [1.29, 1.82) is 0 Å². The first-order valence-electron chi connectivity index (χ1n) is 7.94. The first-order chi connectivity index (χ1) is 9.78. The molecule has 1 fully saturated rings. The molecule has 3 atom stereocenters. The number of rotatable bonds is 3. The van der Waals surface area contributed by atoms with Crippen molar-refractivity contribution in [1.82, 2.24) is 0 Å². The van der Waals surface area contributed by atoms with Gasteiger partial charge in [-0.2, -0.15) is 0 Å². The van der Waals surface area contributed by atoms with Crippen LogP contribution >= 0.6 is 0 Å². The summed E-state index contributed by atoms with van der Waals surface area (Å²) in [5, 5.41) is 13.2. The van der Waals surface area contributed by atoms with Gasteiger partial charge in [-0.15, -0.1) is 0 Å². The van der Waals surface area contributed by atoms with E-state index in [0.717, 1.165) is 11.5 Å². The molecule has 1 heteroatoms. The maximum atomic E-state index is 10.7. The lowest BCUT2D eigenvalue weighted by molar-refractivity contribution is 0.0679. The van der Waals surface area contributed by atoms with E-state index in [1.54, 1.807) is 0 Å². The van der Waals surface area contributed by atoms with E-state index in [0.29, 0.717) is 5.92 Å². The fourth-order valence-corrected chi connectivity index (χ4v) is 3.65. The van der Waals surface area contributed by atoms with Crippen molar-refractivity contribution in [3.63, 3.8) is 0 Å². The summed E-state index contributed by atoms with van der Waals surface area (Å²) in [6, 6.07) is 14.8. The Hall–Kier alpha value is -1.34. The largest absolute Gasteiger partial charge is 0.388 e. The highest BCUT2D eigenvalue weighted by atomic mass is 16.3. The Balaban J connectivity index is 1.82. The molecule has 0 bridgehead atoms. The summed E-state index contributed by atoms with van der Waals surface area (Å²) in [6.07, 6.45) is 5.93. The molecule has 0 saturated heterocycles. The molecule has 1 saturated carbocycles. The molecule has 3 unspecified atom stereocenters. The number of hydrogen-bond donors (Lipinski definition) is 1. The van der Waals surface area contributed by atoms with E-state index in [9.17, 15) is 5.11 Å². The molecule has 20 heavy (non-hydrogen) atoms. The van der Waals surface area contributed by atoms with Crippen LogP contribution in [0.4, 0.5) is 0 Å². The van der Waals surface area contributed by atoms with Crippen molar-refractivity contribution in [2.45, 2.75) is 45.1 Å². The summed E-state index contributed by atoms with van der Waals surface area (Å²) in [7, 11) is 0. The third-order valence-corrected chi connectivity index (χ3v) is 4.96. The zero-order valence-corrected chi connectivity index (χ0v) is 12.3. The van der Waals surface area contributed by atoms with E-state index >= 15 is 0 Å². The average Bonchev–Trinajstić information content (AvgIpc) is 2.53. The molecular weight excluding hydrogens is 244 g/mol. The number of aliphatic hydroxyl groups excluding tert-OH is 1. The number of hydrogen-bond acceptors (Lipinski definition) is 1. The van der Waals surface area contributed by atoms with Crippen LogP contribution in [0.2, 0.25) is 0 Å². The molecule has 2 aromatic rings.